The Kier molecular flexibility index (Phi) is 2.83. The average molecular weight is 218 g/mol. The minimum absolute atomic E-state index is 0.330. The molecule has 1 heterocycles. The van der Waals surface area contributed by atoms with E-state index in [1.165, 1.54) is 23.3 Å². The molecule has 0 bridgehead atoms. The fourth-order valence-electron chi connectivity index (χ4n) is 1.37. The van der Waals surface area contributed by atoms with Crippen LogP contribution in [0.5, 0.6) is 0 Å². The molecule has 0 saturated carbocycles. The van der Waals surface area contributed by atoms with E-state index >= 15 is 0 Å². The van der Waals surface area contributed by atoms with Crippen LogP contribution < -0.4 is 0 Å². The summed E-state index contributed by atoms with van der Waals surface area (Å²) in [5, 5.41) is 3.24. The first-order valence-electron chi connectivity index (χ1n) is 4.53. The zero-order valence-electron chi connectivity index (χ0n) is 8.27. The third-order valence-electron chi connectivity index (χ3n) is 2.11. The number of fused-ring (bicyclic) bond motifs is 1. The van der Waals surface area contributed by atoms with Crippen molar-refractivity contribution in [3.63, 3.8) is 0 Å². The monoisotopic (exact) mass is 218 g/mol. The maximum Gasteiger partial charge on any atom is 0.330 e. The molecule has 0 atom stereocenters. The number of carbonyl (C=O) groups is 1. The average Bonchev–Trinajstić information content (AvgIpc) is 2.74. The van der Waals surface area contributed by atoms with Crippen LogP contribution in [0.4, 0.5) is 0 Å². The molecule has 2 aromatic rings. The van der Waals surface area contributed by atoms with Crippen LogP contribution in [-0.2, 0) is 9.53 Å². The molecule has 0 radical (unpaired) electrons. The first kappa shape index (κ1) is 9.93. The molecular weight excluding hydrogens is 208 g/mol. The molecule has 0 fully saturated rings. The molecule has 0 saturated heterocycles. The van der Waals surface area contributed by atoms with Gasteiger partial charge in [-0.2, -0.15) is 0 Å². The minimum atomic E-state index is -0.330. The zero-order chi connectivity index (χ0) is 10.7. The number of methoxy groups -OCH3 is 1. The fourth-order valence-corrected chi connectivity index (χ4v) is 2.27. The van der Waals surface area contributed by atoms with Gasteiger partial charge in [-0.25, -0.2) is 4.79 Å². The van der Waals surface area contributed by atoms with Crippen molar-refractivity contribution in [2.24, 2.45) is 0 Å². The number of hydrogen-bond acceptors (Lipinski definition) is 3. The number of rotatable bonds is 2. The predicted octanol–water partition coefficient (Wildman–Crippen LogP) is 3.09. The number of ether oxygens (including phenoxy) is 1. The SMILES string of the molecule is COC(=O)C=Cc1cccc2ccsc12. The normalized spacial score (nSPS) is 11.0. The van der Waals surface area contributed by atoms with E-state index < -0.39 is 0 Å². The van der Waals surface area contributed by atoms with E-state index in [1.54, 1.807) is 17.4 Å². The van der Waals surface area contributed by atoms with Crippen LogP contribution in [0.15, 0.2) is 35.7 Å². The highest BCUT2D eigenvalue weighted by molar-refractivity contribution is 7.17. The molecule has 1 aromatic carbocycles. The van der Waals surface area contributed by atoms with Gasteiger partial charge in [-0.15, -0.1) is 11.3 Å². The largest absolute Gasteiger partial charge is 0.466 e. The Labute approximate surface area is 91.8 Å². The molecule has 0 aliphatic carbocycles. The Morgan fingerprint density at radius 2 is 2.27 bits per heavy atom. The van der Waals surface area contributed by atoms with Gasteiger partial charge < -0.3 is 4.74 Å². The van der Waals surface area contributed by atoms with Crippen LogP contribution >= 0.6 is 11.3 Å². The Hall–Kier alpha value is -1.61. The van der Waals surface area contributed by atoms with Crippen LogP contribution in [0, 0.1) is 0 Å². The number of benzene rings is 1. The third kappa shape index (κ3) is 2.07. The van der Waals surface area contributed by atoms with Gasteiger partial charge in [0.05, 0.1) is 7.11 Å². The summed E-state index contributed by atoms with van der Waals surface area (Å²) in [6.07, 6.45) is 3.22. The van der Waals surface area contributed by atoms with Gasteiger partial charge in [-0.05, 0) is 28.5 Å². The first-order chi connectivity index (χ1) is 7.31. The summed E-state index contributed by atoms with van der Waals surface area (Å²) in [6, 6.07) is 8.08. The highest BCUT2D eigenvalue weighted by Gasteiger charge is 1.99. The quantitative estimate of drug-likeness (QED) is 0.572. The summed E-state index contributed by atoms with van der Waals surface area (Å²) in [5.74, 6) is -0.330. The minimum Gasteiger partial charge on any atom is -0.466 e. The van der Waals surface area contributed by atoms with Gasteiger partial charge in [0, 0.05) is 10.8 Å². The molecule has 2 rings (SSSR count). The lowest BCUT2D eigenvalue weighted by atomic mass is 10.1. The smallest absolute Gasteiger partial charge is 0.330 e. The van der Waals surface area contributed by atoms with Crippen molar-refractivity contribution in [3.8, 4) is 0 Å². The maximum absolute atomic E-state index is 11.0. The predicted molar refractivity (Wildman–Crippen MR) is 62.9 cm³/mol. The summed E-state index contributed by atoms with van der Waals surface area (Å²) in [7, 11) is 1.37. The maximum atomic E-state index is 11.0. The highest BCUT2D eigenvalue weighted by Crippen LogP contribution is 2.25. The van der Waals surface area contributed by atoms with Crippen molar-refractivity contribution in [1.82, 2.24) is 0 Å². The molecule has 0 aliphatic rings. The van der Waals surface area contributed by atoms with Gasteiger partial charge in [0.25, 0.3) is 0 Å². The lowest BCUT2D eigenvalue weighted by Crippen LogP contribution is -1.93. The molecule has 76 valence electrons. The highest BCUT2D eigenvalue weighted by atomic mass is 32.1. The van der Waals surface area contributed by atoms with Crippen LogP contribution in [0.25, 0.3) is 16.2 Å². The van der Waals surface area contributed by atoms with E-state index in [0.29, 0.717) is 0 Å². The zero-order valence-corrected chi connectivity index (χ0v) is 9.08. The molecule has 15 heavy (non-hydrogen) atoms. The van der Waals surface area contributed by atoms with Crippen molar-refractivity contribution in [2.45, 2.75) is 0 Å². The molecule has 1 aromatic heterocycles. The van der Waals surface area contributed by atoms with Gasteiger partial charge >= 0.3 is 5.97 Å². The summed E-state index contributed by atoms with van der Waals surface area (Å²) < 4.78 is 5.74. The molecule has 0 amide bonds. The molecule has 0 unspecified atom stereocenters. The number of thiophene rings is 1. The Balaban J connectivity index is 2.39. The summed E-state index contributed by atoms with van der Waals surface area (Å²) in [5.41, 5.74) is 1.05. The third-order valence-corrected chi connectivity index (χ3v) is 3.09. The van der Waals surface area contributed by atoms with E-state index in [0.717, 1.165) is 5.56 Å². The van der Waals surface area contributed by atoms with Crippen LogP contribution in [-0.4, -0.2) is 13.1 Å². The van der Waals surface area contributed by atoms with Crippen molar-refractivity contribution in [3.05, 3.63) is 41.3 Å². The van der Waals surface area contributed by atoms with E-state index in [-0.39, 0.29) is 5.97 Å². The van der Waals surface area contributed by atoms with Gasteiger partial charge in [0.2, 0.25) is 0 Å². The van der Waals surface area contributed by atoms with Crippen LogP contribution in [0.2, 0.25) is 0 Å². The van der Waals surface area contributed by atoms with Crippen LogP contribution in [0.3, 0.4) is 0 Å². The molecule has 0 N–H and O–H groups in total. The topological polar surface area (TPSA) is 26.3 Å². The number of hydrogen-bond donors (Lipinski definition) is 0. The second-order valence-corrected chi connectivity index (χ2v) is 3.96. The molecule has 3 heteroatoms. The van der Waals surface area contributed by atoms with Crippen molar-refractivity contribution < 1.29 is 9.53 Å². The molecular formula is C12H10O2S. The number of carbonyl (C=O) groups excluding carboxylic acids is 1. The fraction of sp³-hybridized carbons (Fsp3) is 0.0833. The summed E-state index contributed by atoms with van der Waals surface area (Å²) in [6.45, 7) is 0. The van der Waals surface area contributed by atoms with Gasteiger partial charge in [0.1, 0.15) is 0 Å². The lowest BCUT2D eigenvalue weighted by Gasteiger charge is -1.95. The van der Waals surface area contributed by atoms with E-state index in [2.05, 4.69) is 16.9 Å². The van der Waals surface area contributed by atoms with Crippen LogP contribution in [0.1, 0.15) is 5.56 Å². The van der Waals surface area contributed by atoms with Crippen molar-refractivity contribution >= 4 is 33.5 Å². The second kappa shape index (κ2) is 4.28. The standard InChI is InChI=1S/C12H10O2S/c1-14-11(13)6-5-9-3-2-4-10-7-8-15-12(9)10/h2-8H,1H3. The van der Waals surface area contributed by atoms with Crippen molar-refractivity contribution in [1.29, 1.82) is 0 Å². The van der Waals surface area contributed by atoms with Gasteiger partial charge in [-0.3, -0.25) is 0 Å². The molecule has 2 nitrogen and oxygen atoms in total. The molecule has 0 aliphatic heterocycles. The first-order valence-corrected chi connectivity index (χ1v) is 5.41. The van der Waals surface area contributed by atoms with Crippen molar-refractivity contribution in [2.75, 3.05) is 7.11 Å². The Bertz CT molecular complexity index is 511. The van der Waals surface area contributed by atoms with E-state index in [4.69, 9.17) is 0 Å². The van der Waals surface area contributed by atoms with Gasteiger partial charge in [-0.1, -0.05) is 18.2 Å². The van der Waals surface area contributed by atoms with Gasteiger partial charge in [0.15, 0.2) is 0 Å². The summed E-state index contributed by atoms with van der Waals surface area (Å²) in [4.78, 5) is 11.0. The Morgan fingerprint density at radius 1 is 1.40 bits per heavy atom. The van der Waals surface area contributed by atoms with E-state index in [1.807, 2.05) is 17.5 Å². The molecule has 0 spiro atoms. The lowest BCUT2D eigenvalue weighted by molar-refractivity contribution is -0.134. The van der Waals surface area contributed by atoms with E-state index in [9.17, 15) is 4.79 Å². The number of esters is 1. The second-order valence-electron chi connectivity index (χ2n) is 3.04. The Morgan fingerprint density at radius 3 is 3.07 bits per heavy atom. The summed E-state index contributed by atoms with van der Waals surface area (Å²) >= 11 is 1.67.